The zero-order valence-corrected chi connectivity index (χ0v) is 18.2. The predicted molar refractivity (Wildman–Crippen MR) is 123 cm³/mol. The lowest BCUT2D eigenvalue weighted by Gasteiger charge is -2.29. The first-order valence-electron chi connectivity index (χ1n) is 10.0. The van der Waals surface area contributed by atoms with Crippen molar-refractivity contribution in [1.82, 2.24) is 9.88 Å². The molecule has 1 N–H and O–H groups in total. The second kappa shape index (κ2) is 8.67. The number of benzene rings is 2. The summed E-state index contributed by atoms with van der Waals surface area (Å²) in [4.78, 5) is 27.0. The van der Waals surface area contributed by atoms with Crippen molar-refractivity contribution in [3.8, 4) is 5.69 Å². The van der Waals surface area contributed by atoms with Gasteiger partial charge in [-0.15, -0.1) is 0 Å². The monoisotopic (exact) mass is 469 g/mol. The van der Waals surface area contributed by atoms with E-state index in [0.717, 1.165) is 24.1 Å². The van der Waals surface area contributed by atoms with E-state index in [1.807, 2.05) is 19.1 Å². The van der Waals surface area contributed by atoms with E-state index in [9.17, 15) is 22.8 Å². The normalized spacial score (nSPS) is 15.8. The molecule has 4 rings (SSSR count). The van der Waals surface area contributed by atoms with Gasteiger partial charge in [-0.05, 0) is 72.7 Å². The molecule has 2 aromatic carbocycles. The van der Waals surface area contributed by atoms with Gasteiger partial charge in [-0.1, -0.05) is 25.1 Å². The molecule has 0 saturated carbocycles. The molecule has 0 radical (unpaired) electrons. The first-order valence-corrected chi connectivity index (χ1v) is 10.4. The van der Waals surface area contributed by atoms with E-state index in [1.54, 1.807) is 30.5 Å². The minimum Gasteiger partial charge on any atom is -0.317 e. The minimum absolute atomic E-state index is 0.0420. The summed E-state index contributed by atoms with van der Waals surface area (Å²) < 4.78 is 40.9. The second-order valence-corrected chi connectivity index (χ2v) is 7.72. The Morgan fingerprint density at radius 3 is 2.39 bits per heavy atom. The molecule has 2 heterocycles. The van der Waals surface area contributed by atoms with Gasteiger partial charge in [-0.3, -0.25) is 19.8 Å². The van der Waals surface area contributed by atoms with Gasteiger partial charge >= 0.3 is 6.18 Å². The quantitative estimate of drug-likeness (QED) is 0.336. The minimum atomic E-state index is -4.50. The van der Waals surface area contributed by atoms with E-state index in [0.29, 0.717) is 11.4 Å². The molecule has 0 atom stereocenters. The number of nitrogens with zero attached hydrogens (tertiary/aromatic N) is 2. The molecule has 0 unspecified atom stereocenters. The molecule has 9 heteroatoms. The lowest BCUT2D eigenvalue weighted by atomic mass is 10.1. The van der Waals surface area contributed by atoms with Crippen molar-refractivity contribution in [2.24, 2.45) is 0 Å². The van der Waals surface area contributed by atoms with Crippen LogP contribution in [0.15, 0.2) is 72.4 Å². The lowest BCUT2D eigenvalue weighted by Crippen LogP contribution is -2.54. The number of halogens is 3. The first-order chi connectivity index (χ1) is 15.7. The van der Waals surface area contributed by atoms with Gasteiger partial charge in [-0.25, -0.2) is 0 Å². The van der Waals surface area contributed by atoms with Gasteiger partial charge in [-0.2, -0.15) is 13.2 Å². The number of carbonyl (C=O) groups excluding carboxylic acids is 2. The summed E-state index contributed by atoms with van der Waals surface area (Å²) in [7, 11) is 0. The summed E-state index contributed by atoms with van der Waals surface area (Å²) in [5, 5.41) is 2.47. The van der Waals surface area contributed by atoms with Gasteiger partial charge < -0.3 is 4.57 Å². The molecule has 1 aliphatic heterocycles. The van der Waals surface area contributed by atoms with Crippen LogP contribution in [0.1, 0.15) is 23.7 Å². The summed E-state index contributed by atoms with van der Waals surface area (Å²) in [5.74, 6) is -1.30. The maximum atomic E-state index is 13.2. The van der Waals surface area contributed by atoms with E-state index in [1.165, 1.54) is 27.7 Å². The fourth-order valence-electron chi connectivity index (χ4n) is 3.50. The van der Waals surface area contributed by atoms with Crippen LogP contribution in [0, 0.1) is 0 Å². The van der Waals surface area contributed by atoms with E-state index in [2.05, 4.69) is 5.32 Å². The van der Waals surface area contributed by atoms with Crippen molar-refractivity contribution < 1.29 is 22.8 Å². The fourth-order valence-corrected chi connectivity index (χ4v) is 3.78. The second-order valence-electron chi connectivity index (χ2n) is 7.33. The molecule has 168 valence electrons. The summed E-state index contributed by atoms with van der Waals surface area (Å²) in [6.07, 6.45) is -0.774. The molecule has 2 amide bonds. The van der Waals surface area contributed by atoms with Crippen LogP contribution < -0.4 is 10.2 Å². The molecular weight excluding hydrogens is 451 g/mol. The number of rotatable bonds is 4. The van der Waals surface area contributed by atoms with Gasteiger partial charge in [0.2, 0.25) is 0 Å². The topological polar surface area (TPSA) is 54.3 Å². The number of anilines is 1. The smallest absolute Gasteiger partial charge is 0.317 e. The lowest BCUT2D eigenvalue weighted by molar-refractivity contribution is -0.137. The molecule has 1 aromatic heterocycles. The molecule has 1 saturated heterocycles. The van der Waals surface area contributed by atoms with Crippen molar-refractivity contribution in [3.63, 3.8) is 0 Å². The highest BCUT2D eigenvalue weighted by Gasteiger charge is 2.35. The third-order valence-corrected chi connectivity index (χ3v) is 5.51. The molecule has 1 fully saturated rings. The Kier molecular flexibility index (Phi) is 5.90. The van der Waals surface area contributed by atoms with Crippen LogP contribution in [0.2, 0.25) is 0 Å². The van der Waals surface area contributed by atoms with Gasteiger partial charge in [0, 0.05) is 17.6 Å². The van der Waals surface area contributed by atoms with Crippen LogP contribution in [0.4, 0.5) is 18.9 Å². The van der Waals surface area contributed by atoms with Crippen molar-refractivity contribution in [2.75, 3.05) is 4.90 Å². The molecule has 3 aromatic rings. The predicted octanol–water partition coefficient (Wildman–Crippen LogP) is 4.89. The highest BCUT2D eigenvalue weighted by molar-refractivity contribution is 7.80. The van der Waals surface area contributed by atoms with E-state index in [4.69, 9.17) is 12.2 Å². The molecule has 0 bridgehead atoms. The van der Waals surface area contributed by atoms with Crippen LogP contribution >= 0.6 is 12.2 Å². The summed E-state index contributed by atoms with van der Waals surface area (Å²) in [6.45, 7) is 2.01. The first kappa shape index (κ1) is 22.5. The Labute approximate surface area is 193 Å². The maximum absolute atomic E-state index is 13.2. The van der Waals surface area contributed by atoms with Gasteiger partial charge in [0.25, 0.3) is 11.8 Å². The molecule has 0 aliphatic carbocycles. The maximum Gasteiger partial charge on any atom is 0.416 e. The Bertz CT molecular complexity index is 1280. The zero-order valence-electron chi connectivity index (χ0n) is 17.4. The summed E-state index contributed by atoms with van der Waals surface area (Å²) in [5.41, 5.74) is 1.20. The Balaban J connectivity index is 1.72. The third kappa shape index (κ3) is 4.45. The zero-order chi connectivity index (χ0) is 23.8. The van der Waals surface area contributed by atoms with Crippen LogP contribution in [-0.2, 0) is 22.2 Å². The Morgan fingerprint density at radius 2 is 1.73 bits per heavy atom. The summed E-state index contributed by atoms with van der Waals surface area (Å²) >= 11 is 5.21. The number of alkyl halides is 3. The number of nitrogens with one attached hydrogen (secondary N) is 1. The third-order valence-electron chi connectivity index (χ3n) is 5.23. The average molecular weight is 469 g/mol. The molecule has 33 heavy (non-hydrogen) atoms. The van der Waals surface area contributed by atoms with Crippen LogP contribution in [-0.4, -0.2) is 21.5 Å². The number of thiocarbonyl (C=S) groups is 1. The highest BCUT2D eigenvalue weighted by Crippen LogP contribution is 2.31. The number of hydrogen-bond donors (Lipinski definition) is 1. The van der Waals surface area contributed by atoms with Crippen LogP contribution in [0.5, 0.6) is 0 Å². The van der Waals surface area contributed by atoms with E-state index in [-0.39, 0.29) is 16.4 Å². The molecule has 1 aliphatic rings. The number of aromatic nitrogens is 1. The average Bonchev–Trinajstić information content (AvgIpc) is 3.25. The van der Waals surface area contributed by atoms with Gasteiger partial charge in [0.05, 0.1) is 11.3 Å². The largest absolute Gasteiger partial charge is 0.416 e. The Morgan fingerprint density at radius 1 is 1.00 bits per heavy atom. The molecule has 5 nitrogen and oxygen atoms in total. The summed E-state index contributed by atoms with van der Waals surface area (Å²) in [6, 6.07) is 15.2. The van der Waals surface area contributed by atoms with Crippen LogP contribution in [0.25, 0.3) is 11.8 Å². The Hall–Kier alpha value is -3.72. The van der Waals surface area contributed by atoms with Gasteiger partial charge in [0.1, 0.15) is 5.57 Å². The number of aryl methyl sites for hydroxylation is 1. The molecule has 0 spiro atoms. The van der Waals surface area contributed by atoms with Crippen molar-refractivity contribution >= 4 is 40.9 Å². The van der Waals surface area contributed by atoms with Crippen molar-refractivity contribution in [1.29, 1.82) is 0 Å². The highest BCUT2D eigenvalue weighted by atomic mass is 32.1. The van der Waals surface area contributed by atoms with Gasteiger partial charge in [0.15, 0.2) is 5.11 Å². The SMILES string of the molecule is CCc1ccc(N2C(=O)/C(=C/c3cccn3-c3cccc(C(F)(F)F)c3)C(=O)NC2=S)cc1. The van der Waals surface area contributed by atoms with E-state index >= 15 is 0 Å². The van der Waals surface area contributed by atoms with Crippen LogP contribution in [0.3, 0.4) is 0 Å². The number of carbonyl (C=O) groups is 2. The number of amides is 2. The van der Waals surface area contributed by atoms with Crippen molar-refractivity contribution in [2.45, 2.75) is 19.5 Å². The molecular formula is C24H18F3N3O2S. The standard InChI is InChI=1S/C24H18F3N3O2S/c1-2-15-8-10-17(11-9-15)30-22(32)20(21(31)28-23(30)33)14-19-7-4-12-29(19)18-6-3-5-16(13-18)24(25,26)27/h3-14H,2H2,1H3,(H,28,31,33)/b20-14+. The fraction of sp³-hybridized carbons (Fsp3) is 0.125. The number of hydrogen-bond acceptors (Lipinski definition) is 3. The van der Waals surface area contributed by atoms with E-state index < -0.39 is 23.6 Å². The van der Waals surface area contributed by atoms with Crippen molar-refractivity contribution in [3.05, 3.63) is 89.3 Å².